The van der Waals surface area contributed by atoms with Crippen molar-refractivity contribution < 1.29 is 34.2 Å². The van der Waals surface area contributed by atoms with Crippen molar-refractivity contribution in [1.82, 2.24) is 0 Å². The Labute approximate surface area is 73.1 Å². The van der Waals surface area contributed by atoms with Gasteiger partial charge in [0.2, 0.25) is 0 Å². The molecule has 0 amide bonds. The van der Waals surface area contributed by atoms with E-state index < -0.39 is 19.5 Å². The first-order valence-electron chi connectivity index (χ1n) is 2.91. The lowest BCUT2D eigenvalue weighted by Gasteiger charge is -1.96. The van der Waals surface area contributed by atoms with E-state index in [-0.39, 0.29) is 12.7 Å². The second-order valence-corrected chi connectivity index (χ2v) is 3.56. The van der Waals surface area contributed by atoms with Crippen LogP contribution in [0.25, 0.3) is 0 Å². The Morgan fingerprint density at radius 2 is 1.46 bits per heavy atom. The van der Waals surface area contributed by atoms with E-state index in [0.29, 0.717) is 0 Å². The average Bonchev–Trinajstić information content (AvgIpc) is 1.85. The highest BCUT2D eigenvalue weighted by Crippen LogP contribution is 2.32. The molecule has 8 nitrogen and oxygen atoms in total. The molecular formula is C4H10NO7P. The monoisotopic (exact) mass is 215 g/mol. The molecule has 0 atom stereocenters. The summed E-state index contributed by atoms with van der Waals surface area (Å²) < 4.78 is 9.85. The smallest absolute Gasteiger partial charge is 0.414 e. The van der Waals surface area contributed by atoms with Crippen LogP contribution in [0.2, 0.25) is 0 Å². The van der Waals surface area contributed by atoms with Crippen molar-refractivity contribution in [2.75, 3.05) is 12.7 Å². The molecule has 0 bridgehead atoms. The van der Waals surface area contributed by atoms with Crippen LogP contribution in [0.3, 0.4) is 0 Å². The molecule has 0 saturated carbocycles. The van der Waals surface area contributed by atoms with Crippen LogP contribution >= 0.6 is 7.60 Å². The fourth-order valence-electron chi connectivity index (χ4n) is 0.168. The number of carbonyl (C=O) groups is 2. The summed E-state index contributed by atoms with van der Waals surface area (Å²) in [5.74, 6) is -3.65. The summed E-state index contributed by atoms with van der Waals surface area (Å²) in [5, 5.41) is 14.8. The zero-order valence-corrected chi connectivity index (χ0v) is 7.35. The topological polar surface area (TPSA) is 158 Å². The van der Waals surface area contributed by atoms with Crippen LogP contribution in [0, 0.1) is 0 Å². The number of aliphatic carboxylic acids is 2. The number of hydrogen-bond donors (Lipinski definition) is 5. The SMILES string of the molecule is NCCP(=O)(O)O.O=C(O)C(=O)O. The van der Waals surface area contributed by atoms with E-state index in [1.54, 1.807) is 0 Å². The molecular weight excluding hydrogens is 205 g/mol. The summed E-state index contributed by atoms with van der Waals surface area (Å²) in [4.78, 5) is 34.3. The molecule has 0 aliphatic rings. The molecule has 0 aromatic rings. The molecule has 13 heavy (non-hydrogen) atoms. The van der Waals surface area contributed by atoms with Gasteiger partial charge in [0.1, 0.15) is 0 Å². The van der Waals surface area contributed by atoms with Crippen LogP contribution in [-0.2, 0) is 14.2 Å². The quantitative estimate of drug-likeness (QED) is 0.268. The van der Waals surface area contributed by atoms with E-state index in [0.717, 1.165) is 0 Å². The van der Waals surface area contributed by atoms with E-state index in [9.17, 15) is 4.57 Å². The van der Waals surface area contributed by atoms with Gasteiger partial charge in [0.25, 0.3) is 0 Å². The second kappa shape index (κ2) is 6.55. The van der Waals surface area contributed by atoms with Crippen LogP contribution in [0.1, 0.15) is 0 Å². The van der Waals surface area contributed by atoms with Crippen molar-refractivity contribution in [2.45, 2.75) is 0 Å². The van der Waals surface area contributed by atoms with Gasteiger partial charge in [-0.15, -0.1) is 0 Å². The van der Waals surface area contributed by atoms with Gasteiger partial charge < -0.3 is 25.7 Å². The van der Waals surface area contributed by atoms with E-state index in [1.807, 2.05) is 0 Å². The Hall–Kier alpha value is -0.950. The van der Waals surface area contributed by atoms with Crippen molar-refractivity contribution in [2.24, 2.45) is 5.73 Å². The molecule has 0 radical (unpaired) electrons. The van der Waals surface area contributed by atoms with Crippen LogP contribution in [0.15, 0.2) is 0 Å². The van der Waals surface area contributed by atoms with Gasteiger partial charge in [-0.3, -0.25) is 4.57 Å². The molecule has 0 aliphatic carbocycles. The summed E-state index contributed by atoms with van der Waals surface area (Å²) in [7, 11) is -3.79. The van der Waals surface area contributed by atoms with E-state index in [2.05, 4.69) is 0 Å². The van der Waals surface area contributed by atoms with Gasteiger partial charge in [-0.05, 0) is 0 Å². The molecule has 0 aromatic heterocycles. The first kappa shape index (κ1) is 14.6. The Morgan fingerprint density at radius 3 is 1.46 bits per heavy atom. The first-order chi connectivity index (χ1) is 5.70. The zero-order chi connectivity index (χ0) is 11.1. The normalized spacial score (nSPS) is 9.77. The first-order valence-corrected chi connectivity index (χ1v) is 4.71. The fourth-order valence-corrected chi connectivity index (χ4v) is 0.505. The highest BCUT2D eigenvalue weighted by atomic mass is 31.2. The third kappa shape index (κ3) is 18.2. The molecule has 0 aliphatic heterocycles. The number of hydrogen-bond acceptors (Lipinski definition) is 4. The highest BCUT2D eigenvalue weighted by Gasteiger charge is 2.08. The third-order valence-corrected chi connectivity index (χ3v) is 1.44. The Bertz CT molecular complexity index is 209. The molecule has 9 heteroatoms. The molecule has 0 spiro atoms. The molecule has 0 fully saturated rings. The van der Waals surface area contributed by atoms with Gasteiger partial charge in [0, 0.05) is 6.54 Å². The number of carboxylic acid groups (broad SMARTS) is 2. The van der Waals surface area contributed by atoms with Gasteiger partial charge in [0.05, 0.1) is 6.16 Å². The lowest BCUT2D eigenvalue weighted by atomic mass is 10.7. The third-order valence-electron chi connectivity index (χ3n) is 0.603. The number of nitrogens with two attached hydrogens (primary N) is 1. The maximum Gasteiger partial charge on any atom is 0.414 e. The number of carboxylic acids is 2. The van der Waals surface area contributed by atoms with Gasteiger partial charge in [-0.25, -0.2) is 9.59 Å². The van der Waals surface area contributed by atoms with E-state index in [1.165, 1.54) is 0 Å². The van der Waals surface area contributed by atoms with Gasteiger partial charge in [-0.1, -0.05) is 0 Å². The van der Waals surface area contributed by atoms with E-state index >= 15 is 0 Å². The largest absolute Gasteiger partial charge is 0.473 e. The van der Waals surface area contributed by atoms with Crippen LogP contribution in [0.4, 0.5) is 0 Å². The lowest BCUT2D eigenvalue weighted by Crippen LogP contribution is -2.09. The lowest BCUT2D eigenvalue weighted by molar-refractivity contribution is -0.159. The van der Waals surface area contributed by atoms with E-state index in [4.69, 9.17) is 35.3 Å². The fraction of sp³-hybridized carbons (Fsp3) is 0.500. The zero-order valence-electron chi connectivity index (χ0n) is 6.45. The van der Waals surface area contributed by atoms with Crippen molar-refractivity contribution in [1.29, 1.82) is 0 Å². The average molecular weight is 215 g/mol. The Kier molecular flexibility index (Phi) is 7.34. The maximum atomic E-state index is 9.85. The number of rotatable bonds is 2. The van der Waals surface area contributed by atoms with Crippen LogP contribution in [-0.4, -0.2) is 44.6 Å². The van der Waals surface area contributed by atoms with Crippen molar-refractivity contribution in [3.05, 3.63) is 0 Å². The molecule has 0 heterocycles. The molecule has 0 rings (SSSR count). The van der Waals surface area contributed by atoms with Crippen LogP contribution in [0.5, 0.6) is 0 Å². The van der Waals surface area contributed by atoms with Gasteiger partial charge in [-0.2, -0.15) is 0 Å². The molecule has 0 unspecified atom stereocenters. The summed E-state index contributed by atoms with van der Waals surface area (Å²) in [6.07, 6.45) is -0.215. The predicted octanol–water partition coefficient (Wildman–Crippen LogP) is -1.72. The minimum absolute atomic E-state index is 0.0459. The summed E-state index contributed by atoms with van der Waals surface area (Å²) >= 11 is 0. The van der Waals surface area contributed by atoms with Crippen molar-refractivity contribution in [3.8, 4) is 0 Å². The minimum atomic E-state index is -3.79. The van der Waals surface area contributed by atoms with Gasteiger partial charge >= 0.3 is 19.5 Å². The standard InChI is InChI=1S/C2H8NO3P.C2H2O4/c3-1-2-7(4,5)6;3-1(4)2(5)6/h1-3H2,(H2,4,5,6);(H,3,4)(H,5,6). The highest BCUT2D eigenvalue weighted by molar-refractivity contribution is 7.51. The second-order valence-electron chi connectivity index (χ2n) is 1.79. The summed E-state index contributed by atoms with van der Waals surface area (Å²) in [6, 6.07) is 0. The minimum Gasteiger partial charge on any atom is -0.473 e. The Morgan fingerprint density at radius 1 is 1.15 bits per heavy atom. The molecule has 6 N–H and O–H groups in total. The summed E-state index contributed by atoms with van der Waals surface area (Å²) in [6.45, 7) is 0.0459. The molecule has 0 saturated heterocycles. The summed E-state index contributed by atoms with van der Waals surface area (Å²) in [5.41, 5.74) is 4.82. The van der Waals surface area contributed by atoms with Crippen LogP contribution < -0.4 is 5.73 Å². The molecule has 0 aromatic carbocycles. The van der Waals surface area contributed by atoms with Crippen molar-refractivity contribution >= 4 is 19.5 Å². The maximum absolute atomic E-state index is 9.85. The Balaban J connectivity index is 0. The van der Waals surface area contributed by atoms with Crippen molar-refractivity contribution in [3.63, 3.8) is 0 Å². The van der Waals surface area contributed by atoms with Gasteiger partial charge in [0.15, 0.2) is 0 Å². The molecule has 78 valence electrons. The predicted molar refractivity (Wildman–Crippen MR) is 41.2 cm³/mol.